The highest BCUT2D eigenvalue weighted by Crippen LogP contribution is 2.08. The minimum absolute atomic E-state index is 0.0529. The van der Waals surface area contributed by atoms with Crippen molar-refractivity contribution in [1.82, 2.24) is 4.31 Å². The van der Waals surface area contributed by atoms with Gasteiger partial charge in [0.15, 0.2) is 0 Å². The minimum atomic E-state index is -3.12. The highest BCUT2D eigenvalue weighted by molar-refractivity contribution is 7.89. The van der Waals surface area contributed by atoms with Crippen LogP contribution in [0.1, 0.15) is 12.8 Å². The molecule has 0 spiro atoms. The van der Waals surface area contributed by atoms with E-state index in [0.29, 0.717) is 19.5 Å². The molecular weight excluding hydrogens is 190 g/mol. The number of sulfonamides is 1. The first kappa shape index (κ1) is 10.7. The summed E-state index contributed by atoms with van der Waals surface area (Å²) in [6.07, 6.45) is 4.96. The lowest BCUT2D eigenvalue weighted by Gasteiger charge is -2.22. The van der Waals surface area contributed by atoms with Crippen LogP contribution in [0, 0.1) is 0 Å². The second-order valence-electron chi connectivity index (χ2n) is 3.01. The van der Waals surface area contributed by atoms with Crippen molar-refractivity contribution in [3.05, 3.63) is 12.2 Å². The number of rotatable bonds is 4. The molecule has 0 aromatic carbocycles. The van der Waals surface area contributed by atoms with Crippen LogP contribution in [0.15, 0.2) is 12.2 Å². The largest absolute Gasteiger partial charge is 0.396 e. The van der Waals surface area contributed by atoms with Gasteiger partial charge in [0.05, 0.1) is 5.75 Å². The maximum absolute atomic E-state index is 11.5. The summed E-state index contributed by atoms with van der Waals surface area (Å²) in [5.74, 6) is 0.0529. The van der Waals surface area contributed by atoms with Crippen molar-refractivity contribution in [3.63, 3.8) is 0 Å². The lowest BCUT2D eigenvalue weighted by molar-refractivity contribution is 0.294. The molecule has 1 N–H and O–H groups in total. The van der Waals surface area contributed by atoms with Gasteiger partial charge in [-0.05, 0) is 12.8 Å². The van der Waals surface area contributed by atoms with Gasteiger partial charge < -0.3 is 5.11 Å². The lowest BCUT2D eigenvalue weighted by atomic mass is 10.3. The van der Waals surface area contributed by atoms with Crippen LogP contribution < -0.4 is 0 Å². The van der Waals surface area contributed by atoms with Crippen LogP contribution in [0.4, 0.5) is 0 Å². The second-order valence-corrected chi connectivity index (χ2v) is 5.10. The third-order valence-electron chi connectivity index (χ3n) is 1.97. The van der Waals surface area contributed by atoms with E-state index in [2.05, 4.69) is 0 Å². The predicted molar refractivity (Wildman–Crippen MR) is 50.8 cm³/mol. The molecular formula is C8H15NO3S. The molecule has 0 saturated carbocycles. The zero-order valence-electron chi connectivity index (χ0n) is 7.52. The molecule has 13 heavy (non-hydrogen) atoms. The zero-order chi connectivity index (χ0) is 9.73. The Morgan fingerprint density at radius 1 is 1.38 bits per heavy atom. The first-order valence-corrected chi connectivity index (χ1v) is 6.01. The molecule has 1 rings (SSSR count). The van der Waals surface area contributed by atoms with Gasteiger partial charge in [-0.1, -0.05) is 12.2 Å². The molecule has 0 bridgehead atoms. The summed E-state index contributed by atoms with van der Waals surface area (Å²) < 4.78 is 24.5. The molecule has 0 amide bonds. The van der Waals surface area contributed by atoms with Crippen molar-refractivity contribution >= 4 is 10.0 Å². The summed E-state index contributed by atoms with van der Waals surface area (Å²) in [6.45, 7) is 0.987. The van der Waals surface area contributed by atoms with Crippen molar-refractivity contribution in [2.45, 2.75) is 12.8 Å². The quantitative estimate of drug-likeness (QED) is 0.655. The van der Waals surface area contributed by atoms with Gasteiger partial charge in [-0.15, -0.1) is 0 Å². The SMILES string of the molecule is O=S(=O)(CCCO)N1CC=CCC1. The molecule has 5 heteroatoms. The van der Waals surface area contributed by atoms with E-state index in [1.165, 1.54) is 4.31 Å². The number of hydrogen-bond acceptors (Lipinski definition) is 3. The normalized spacial score (nSPS) is 19.2. The topological polar surface area (TPSA) is 57.6 Å². The maximum atomic E-state index is 11.5. The Balaban J connectivity index is 2.53. The average molecular weight is 205 g/mol. The molecule has 0 aromatic heterocycles. The summed E-state index contributed by atoms with van der Waals surface area (Å²) in [4.78, 5) is 0. The van der Waals surface area contributed by atoms with Crippen LogP contribution in [0.2, 0.25) is 0 Å². The number of hydrogen-bond donors (Lipinski definition) is 1. The summed E-state index contributed by atoms with van der Waals surface area (Å²) in [7, 11) is -3.12. The van der Waals surface area contributed by atoms with Crippen molar-refractivity contribution in [1.29, 1.82) is 0 Å². The Morgan fingerprint density at radius 2 is 2.15 bits per heavy atom. The third-order valence-corrected chi connectivity index (χ3v) is 3.90. The fraction of sp³-hybridized carbons (Fsp3) is 0.750. The fourth-order valence-corrected chi connectivity index (χ4v) is 2.70. The van der Waals surface area contributed by atoms with Gasteiger partial charge in [-0.3, -0.25) is 0 Å². The maximum Gasteiger partial charge on any atom is 0.214 e. The van der Waals surface area contributed by atoms with E-state index in [1.807, 2.05) is 12.2 Å². The van der Waals surface area contributed by atoms with Crippen molar-refractivity contribution in [3.8, 4) is 0 Å². The van der Waals surface area contributed by atoms with Gasteiger partial charge >= 0.3 is 0 Å². The Bertz CT molecular complexity index is 271. The Morgan fingerprint density at radius 3 is 2.69 bits per heavy atom. The molecule has 1 aliphatic rings. The van der Waals surface area contributed by atoms with Gasteiger partial charge in [0, 0.05) is 19.7 Å². The van der Waals surface area contributed by atoms with Crippen LogP contribution in [0.5, 0.6) is 0 Å². The average Bonchev–Trinajstić information content (AvgIpc) is 2.16. The number of nitrogens with zero attached hydrogens (tertiary/aromatic N) is 1. The molecule has 76 valence electrons. The van der Waals surface area contributed by atoms with E-state index in [1.54, 1.807) is 0 Å². The molecule has 0 fully saturated rings. The highest BCUT2D eigenvalue weighted by Gasteiger charge is 2.20. The van der Waals surface area contributed by atoms with Gasteiger partial charge in [-0.2, -0.15) is 4.31 Å². The van der Waals surface area contributed by atoms with E-state index in [-0.39, 0.29) is 12.4 Å². The van der Waals surface area contributed by atoms with Crippen LogP contribution >= 0.6 is 0 Å². The first-order chi connectivity index (χ1) is 6.17. The monoisotopic (exact) mass is 205 g/mol. The van der Waals surface area contributed by atoms with E-state index in [0.717, 1.165) is 6.42 Å². The zero-order valence-corrected chi connectivity index (χ0v) is 8.33. The van der Waals surface area contributed by atoms with Crippen LogP contribution in [-0.4, -0.2) is 43.3 Å². The van der Waals surface area contributed by atoms with Gasteiger partial charge in [-0.25, -0.2) is 8.42 Å². The van der Waals surface area contributed by atoms with Crippen LogP contribution in [-0.2, 0) is 10.0 Å². The fourth-order valence-electron chi connectivity index (χ4n) is 1.25. The van der Waals surface area contributed by atoms with Gasteiger partial charge in [0.1, 0.15) is 0 Å². The van der Waals surface area contributed by atoms with Crippen LogP contribution in [0.3, 0.4) is 0 Å². The molecule has 0 atom stereocenters. The Labute approximate surface area is 78.9 Å². The number of aliphatic hydroxyl groups is 1. The van der Waals surface area contributed by atoms with Crippen molar-refractivity contribution in [2.75, 3.05) is 25.4 Å². The first-order valence-electron chi connectivity index (χ1n) is 4.40. The third kappa shape index (κ3) is 3.10. The predicted octanol–water partition coefficient (Wildman–Crippen LogP) is -0.0395. The molecule has 0 aliphatic carbocycles. The molecule has 1 heterocycles. The van der Waals surface area contributed by atoms with Gasteiger partial charge in [0.2, 0.25) is 10.0 Å². The summed E-state index contributed by atoms with van der Waals surface area (Å²) in [5, 5.41) is 8.53. The highest BCUT2D eigenvalue weighted by atomic mass is 32.2. The number of aliphatic hydroxyl groups excluding tert-OH is 1. The Hall–Kier alpha value is -0.390. The summed E-state index contributed by atoms with van der Waals surface area (Å²) in [6, 6.07) is 0. The van der Waals surface area contributed by atoms with E-state index < -0.39 is 10.0 Å². The Kier molecular flexibility index (Phi) is 3.90. The van der Waals surface area contributed by atoms with E-state index in [4.69, 9.17) is 5.11 Å². The van der Waals surface area contributed by atoms with Crippen LogP contribution in [0.25, 0.3) is 0 Å². The summed E-state index contributed by atoms with van der Waals surface area (Å²) in [5.41, 5.74) is 0. The van der Waals surface area contributed by atoms with E-state index >= 15 is 0 Å². The molecule has 0 radical (unpaired) electrons. The standard InChI is InChI=1S/C8H15NO3S/c10-7-4-8-13(11,12)9-5-2-1-3-6-9/h1-2,10H,3-8H2. The van der Waals surface area contributed by atoms with Gasteiger partial charge in [0.25, 0.3) is 0 Å². The van der Waals surface area contributed by atoms with Crippen molar-refractivity contribution in [2.24, 2.45) is 0 Å². The summed E-state index contributed by atoms with van der Waals surface area (Å²) >= 11 is 0. The lowest BCUT2D eigenvalue weighted by Crippen LogP contribution is -2.35. The minimum Gasteiger partial charge on any atom is -0.396 e. The van der Waals surface area contributed by atoms with Crippen molar-refractivity contribution < 1.29 is 13.5 Å². The smallest absolute Gasteiger partial charge is 0.214 e. The molecule has 4 nitrogen and oxygen atoms in total. The molecule has 0 saturated heterocycles. The molecule has 0 unspecified atom stereocenters. The van der Waals surface area contributed by atoms with E-state index in [9.17, 15) is 8.42 Å². The molecule has 0 aromatic rings. The second kappa shape index (κ2) is 4.74. The molecule has 1 aliphatic heterocycles.